The van der Waals surface area contributed by atoms with E-state index in [0.717, 1.165) is 0 Å². The highest BCUT2D eigenvalue weighted by atomic mass is 31.3. The van der Waals surface area contributed by atoms with Crippen LogP contribution in [0.5, 0.6) is 0 Å². The van der Waals surface area contributed by atoms with E-state index >= 15 is 0 Å². The number of hydrogen-bond donors (Lipinski definition) is 7. The van der Waals surface area contributed by atoms with Crippen molar-refractivity contribution in [3.8, 4) is 0 Å². The average Bonchev–Trinajstić information content (AvgIpc) is 3.13. The van der Waals surface area contributed by atoms with Gasteiger partial charge >= 0.3 is 23.0 Å². The highest BCUT2D eigenvalue weighted by Crippen LogP contribution is 2.65. The molecule has 1 aliphatic rings. The third kappa shape index (κ3) is 5.75. The zero-order valence-electron chi connectivity index (χ0n) is 15.5. The standard InChI is InChI=1S/C12H20N5O11P3/c13-11-8-12(15-3-14-11)17(4-16-8)7-1-6(9(18)10(7)19)2-27-31(25,26)28-30(23,24)5-29(20,21)22/h3-4,6-7,9-10,18-19H,1-2,5H2,(H,23,24)(H,25,26)(H2,13,14,15)(H2,20,21,22)/t6-,7-,9-,10+/m1/s1. The van der Waals surface area contributed by atoms with E-state index in [1.54, 1.807) is 0 Å². The molecule has 31 heavy (non-hydrogen) atoms. The van der Waals surface area contributed by atoms with E-state index in [1.165, 1.54) is 17.2 Å². The topological polar surface area (TPSA) is 261 Å². The van der Waals surface area contributed by atoms with E-state index in [4.69, 9.17) is 15.5 Å². The van der Waals surface area contributed by atoms with Crippen LogP contribution < -0.4 is 5.73 Å². The Morgan fingerprint density at radius 3 is 2.42 bits per heavy atom. The highest BCUT2D eigenvalue weighted by Gasteiger charge is 2.45. The molecule has 19 heteroatoms. The molecule has 0 aliphatic heterocycles. The van der Waals surface area contributed by atoms with E-state index in [2.05, 4.69) is 23.8 Å². The van der Waals surface area contributed by atoms with Gasteiger partial charge in [0.1, 0.15) is 17.9 Å². The summed E-state index contributed by atoms with van der Waals surface area (Å²) in [5.41, 5.74) is 6.29. The zero-order chi connectivity index (χ0) is 23.2. The van der Waals surface area contributed by atoms with Crippen LogP contribution in [0, 0.1) is 5.92 Å². The molecular weight excluding hydrogens is 483 g/mol. The summed E-state index contributed by atoms with van der Waals surface area (Å²) in [5, 5.41) is 20.7. The van der Waals surface area contributed by atoms with Crippen molar-refractivity contribution in [3.05, 3.63) is 12.7 Å². The molecule has 0 aromatic carbocycles. The molecule has 2 aromatic rings. The Morgan fingerprint density at radius 1 is 1.10 bits per heavy atom. The van der Waals surface area contributed by atoms with Crippen LogP contribution in [0.3, 0.4) is 0 Å². The number of anilines is 1. The van der Waals surface area contributed by atoms with Crippen LogP contribution in [0.1, 0.15) is 12.5 Å². The number of hydrogen-bond acceptors (Lipinski definition) is 11. The van der Waals surface area contributed by atoms with Crippen molar-refractivity contribution < 1.29 is 52.3 Å². The van der Waals surface area contributed by atoms with Crippen molar-refractivity contribution in [2.45, 2.75) is 24.7 Å². The fraction of sp³-hybridized carbons (Fsp3) is 0.583. The van der Waals surface area contributed by atoms with E-state index in [-0.39, 0.29) is 17.8 Å². The second-order valence-electron chi connectivity index (χ2n) is 6.92. The minimum absolute atomic E-state index is 0.0248. The molecule has 174 valence electrons. The van der Waals surface area contributed by atoms with Crippen LogP contribution in [0.4, 0.5) is 5.82 Å². The average molecular weight is 503 g/mol. The maximum atomic E-state index is 11.9. The Bertz CT molecular complexity index is 1110. The lowest BCUT2D eigenvalue weighted by atomic mass is 10.1. The number of nitrogens with zero attached hydrogens (tertiary/aromatic N) is 4. The Hall–Kier alpha value is -1.28. The van der Waals surface area contributed by atoms with Gasteiger partial charge in [0, 0.05) is 5.92 Å². The molecule has 2 unspecified atom stereocenters. The van der Waals surface area contributed by atoms with Crippen LogP contribution in [-0.4, -0.2) is 74.0 Å². The molecule has 1 fully saturated rings. The monoisotopic (exact) mass is 503 g/mol. The smallest absolute Gasteiger partial charge is 0.390 e. The maximum Gasteiger partial charge on any atom is 0.479 e. The maximum absolute atomic E-state index is 11.9. The van der Waals surface area contributed by atoms with E-state index in [9.17, 15) is 33.7 Å². The van der Waals surface area contributed by atoms with Gasteiger partial charge in [0.15, 0.2) is 17.4 Å². The first-order chi connectivity index (χ1) is 14.2. The van der Waals surface area contributed by atoms with E-state index in [1.807, 2.05) is 0 Å². The molecule has 2 aromatic heterocycles. The van der Waals surface area contributed by atoms with Crippen LogP contribution >= 0.6 is 23.0 Å². The van der Waals surface area contributed by atoms with Gasteiger partial charge in [-0.15, -0.1) is 0 Å². The summed E-state index contributed by atoms with van der Waals surface area (Å²) in [6, 6.07) is -0.763. The SMILES string of the molecule is Nc1ncnc2c1ncn2[C@@H]1C[C@H](COP(=O)(O)OP(=O)(O)CP(=O)(O)O)[C@@H](O)[C@H]1O. The molecule has 0 saturated heterocycles. The predicted octanol–water partition coefficient (Wildman–Crippen LogP) is -0.855. The summed E-state index contributed by atoms with van der Waals surface area (Å²) >= 11 is 0. The van der Waals surface area contributed by atoms with Crippen molar-refractivity contribution >= 4 is 40.0 Å². The van der Waals surface area contributed by atoms with Crippen LogP contribution in [0.2, 0.25) is 0 Å². The molecule has 0 radical (unpaired) electrons. The molecule has 0 bridgehead atoms. The lowest BCUT2D eigenvalue weighted by Crippen LogP contribution is -2.30. The first kappa shape index (κ1) is 24.4. The van der Waals surface area contributed by atoms with Crippen LogP contribution in [-0.2, 0) is 22.5 Å². The first-order valence-electron chi connectivity index (χ1n) is 8.53. The second kappa shape index (κ2) is 8.58. The number of aliphatic hydroxyl groups is 2. The number of fused-ring (bicyclic) bond motifs is 1. The number of rotatable bonds is 8. The zero-order valence-corrected chi connectivity index (χ0v) is 18.2. The number of phosphoric ester groups is 1. The second-order valence-corrected chi connectivity index (χ2v) is 12.5. The lowest BCUT2D eigenvalue weighted by Gasteiger charge is -2.20. The molecular formula is C12H20N5O11P3. The molecule has 2 heterocycles. The normalized spacial score (nSPS) is 28.5. The number of nitrogen functional groups attached to an aromatic ring is 1. The molecule has 0 spiro atoms. The third-order valence-electron chi connectivity index (χ3n) is 4.56. The summed E-state index contributed by atoms with van der Waals surface area (Å²) in [6.45, 7) is -0.678. The first-order valence-corrected chi connectivity index (χ1v) is 13.6. The molecule has 1 aliphatic carbocycles. The Kier molecular flexibility index (Phi) is 6.74. The summed E-state index contributed by atoms with van der Waals surface area (Å²) in [5.74, 6) is -2.49. The van der Waals surface area contributed by atoms with Gasteiger partial charge in [0.25, 0.3) is 0 Å². The van der Waals surface area contributed by atoms with Gasteiger partial charge in [-0.25, -0.2) is 23.8 Å². The molecule has 3 rings (SSSR count). The van der Waals surface area contributed by atoms with Gasteiger partial charge in [-0.05, 0) is 6.42 Å². The summed E-state index contributed by atoms with van der Waals surface area (Å²) < 4.78 is 44.5. The van der Waals surface area contributed by atoms with Gasteiger partial charge in [0.2, 0.25) is 0 Å². The number of imidazole rings is 1. The number of aliphatic hydroxyl groups excluding tert-OH is 2. The van der Waals surface area contributed by atoms with Crippen molar-refractivity contribution in [1.82, 2.24) is 19.5 Å². The fourth-order valence-corrected chi connectivity index (χ4v) is 7.68. The summed E-state index contributed by atoms with van der Waals surface area (Å²) in [4.78, 5) is 48.4. The Balaban J connectivity index is 1.69. The minimum atomic E-state index is -5.23. The quantitative estimate of drug-likeness (QED) is 0.216. The van der Waals surface area contributed by atoms with Gasteiger partial charge in [-0.1, -0.05) is 0 Å². The van der Waals surface area contributed by atoms with E-state index < -0.39 is 59.7 Å². The molecule has 8 N–H and O–H groups in total. The lowest BCUT2D eigenvalue weighted by molar-refractivity contribution is -0.00357. The number of aromatic nitrogens is 4. The van der Waals surface area contributed by atoms with Crippen molar-refractivity contribution in [3.63, 3.8) is 0 Å². The Labute approximate surface area is 174 Å². The van der Waals surface area contributed by atoms with Gasteiger partial charge < -0.3 is 40.1 Å². The molecule has 6 atom stereocenters. The van der Waals surface area contributed by atoms with Crippen molar-refractivity contribution in [1.29, 1.82) is 0 Å². The van der Waals surface area contributed by atoms with Crippen LogP contribution in [0.15, 0.2) is 12.7 Å². The van der Waals surface area contributed by atoms with Crippen molar-refractivity contribution in [2.24, 2.45) is 5.92 Å². The van der Waals surface area contributed by atoms with Gasteiger partial charge in [0.05, 0.1) is 25.1 Å². The summed E-state index contributed by atoms with van der Waals surface area (Å²) in [6.07, 6.45) is -0.212. The molecule has 1 saturated carbocycles. The fourth-order valence-electron chi connectivity index (χ4n) is 3.29. The van der Waals surface area contributed by atoms with Crippen LogP contribution in [0.25, 0.3) is 11.2 Å². The van der Waals surface area contributed by atoms with E-state index in [0.29, 0.717) is 5.65 Å². The highest BCUT2D eigenvalue weighted by molar-refractivity contribution is 7.73. The number of phosphoric acid groups is 1. The molecule has 0 amide bonds. The number of nitrogens with two attached hydrogens (primary N) is 1. The third-order valence-corrected chi connectivity index (χ3v) is 9.79. The van der Waals surface area contributed by atoms with Crippen molar-refractivity contribution in [2.75, 3.05) is 18.2 Å². The molecule has 16 nitrogen and oxygen atoms in total. The van der Waals surface area contributed by atoms with Gasteiger partial charge in [-0.2, -0.15) is 0 Å². The Morgan fingerprint density at radius 2 is 1.77 bits per heavy atom. The summed E-state index contributed by atoms with van der Waals surface area (Å²) in [7, 11) is -15.4. The van der Waals surface area contributed by atoms with Gasteiger partial charge in [-0.3, -0.25) is 13.7 Å². The minimum Gasteiger partial charge on any atom is -0.390 e. The predicted molar refractivity (Wildman–Crippen MR) is 102 cm³/mol. The largest absolute Gasteiger partial charge is 0.479 e.